The molecule has 2 N–H and O–H groups in total. The van der Waals surface area contributed by atoms with Crippen molar-refractivity contribution in [1.82, 2.24) is 5.32 Å². The van der Waals surface area contributed by atoms with E-state index in [1.807, 2.05) is 29.6 Å². The van der Waals surface area contributed by atoms with Gasteiger partial charge >= 0.3 is 0 Å². The number of halogens is 1. The molecule has 1 aromatic heterocycles. The van der Waals surface area contributed by atoms with Gasteiger partial charge in [0.25, 0.3) is 0 Å². The van der Waals surface area contributed by atoms with Crippen molar-refractivity contribution >= 4 is 28.7 Å². The van der Waals surface area contributed by atoms with Crippen molar-refractivity contribution in [2.75, 3.05) is 13.1 Å². The zero-order chi connectivity index (χ0) is 14.4. The summed E-state index contributed by atoms with van der Waals surface area (Å²) in [5.41, 5.74) is 0.700. The second-order valence-corrected chi connectivity index (χ2v) is 5.75. The van der Waals surface area contributed by atoms with E-state index in [9.17, 15) is 9.90 Å². The van der Waals surface area contributed by atoms with Crippen molar-refractivity contribution in [1.29, 1.82) is 0 Å². The Balaban J connectivity index is 1.74. The fraction of sp³-hybridized carbons (Fsp3) is 0.267. The molecule has 5 heteroatoms. The van der Waals surface area contributed by atoms with Gasteiger partial charge in [-0.25, -0.2) is 0 Å². The third-order valence-corrected chi connectivity index (χ3v) is 4.18. The predicted molar refractivity (Wildman–Crippen MR) is 82.5 cm³/mol. The van der Waals surface area contributed by atoms with Crippen molar-refractivity contribution < 1.29 is 9.90 Å². The van der Waals surface area contributed by atoms with Crippen LogP contribution in [0.2, 0.25) is 5.02 Å². The highest BCUT2D eigenvalue weighted by Gasteiger charge is 2.11. The first kappa shape index (κ1) is 15.2. The minimum Gasteiger partial charge on any atom is -0.387 e. The van der Waals surface area contributed by atoms with Crippen LogP contribution in [0.5, 0.6) is 0 Å². The lowest BCUT2D eigenvalue weighted by atomic mass is 10.1. The molecule has 20 heavy (non-hydrogen) atoms. The molecule has 0 saturated heterocycles. The van der Waals surface area contributed by atoms with Gasteiger partial charge in [0, 0.05) is 30.1 Å². The summed E-state index contributed by atoms with van der Waals surface area (Å²) in [6, 6.07) is 10.9. The van der Waals surface area contributed by atoms with Gasteiger partial charge in [-0.1, -0.05) is 35.9 Å². The number of aliphatic hydroxyl groups is 1. The van der Waals surface area contributed by atoms with E-state index in [0.717, 1.165) is 4.88 Å². The molecule has 2 rings (SSSR count). The van der Waals surface area contributed by atoms with Gasteiger partial charge < -0.3 is 10.4 Å². The van der Waals surface area contributed by atoms with Gasteiger partial charge in [0.2, 0.25) is 0 Å². The standard InChI is InChI=1S/C15H16ClNO2S/c16-12-5-2-1-4-11(12)14(19)10-17-8-7-13(18)15-6-3-9-20-15/h1-6,9,14,17,19H,7-8,10H2. The Hall–Kier alpha value is -1.20. The second kappa shape index (κ2) is 7.55. The van der Waals surface area contributed by atoms with Gasteiger partial charge in [0.1, 0.15) is 0 Å². The van der Waals surface area contributed by atoms with E-state index in [2.05, 4.69) is 5.32 Å². The smallest absolute Gasteiger partial charge is 0.174 e. The van der Waals surface area contributed by atoms with Gasteiger partial charge in [0.15, 0.2) is 5.78 Å². The Labute approximate surface area is 127 Å². The molecular weight excluding hydrogens is 294 g/mol. The van der Waals surface area contributed by atoms with Crippen molar-refractivity contribution in [3.63, 3.8) is 0 Å². The van der Waals surface area contributed by atoms with Gasteiger partial charge in [-0.2, -0.15) is 0 Å². The number of benzene rings is 1. The number of ketones is 1. The molecule has 0 fully saturated rings. The largest absolute Gasteiger partial charge is 0.387 e. The summed E-state index contributed by atoms with van der Waals surface area (Å²) in [5.74, 6) is 0.125. The average molecular weight is 310 g/mol. The molecule has 0 aliphatic heterocycles. The molecule has 106 valence electrons. The van der Waals surface area contributed by atoms with Crippen LogP contribution in [0.1, 0.15) is 27.8 Å². The maximum Gasteiger partial charge on any atom is 0.174 e. The molecule has 0 spiro atoms. The predicted octanol–water partition coefficient (Wildman–Crippen LogP) is 3.30. The van der Waals surface area contributed by atoms with Crippen LogP contribution in [-0.2, 0) is 0 Å². The highest BCUT2D eigenvalue weighted by molar-refractivity contribution is 7.12. The number of carbonyl (C=O) groups is 1. The highest BCUT2D eigenvalue weighted by atomic mass is 35.5. The monoisotopic (exact) mass is 309 g/mol. The fourth-order valence-electron chi connectivity index (χ4n) is 1.86. The number of rotatable bonds is 7. The normalized spacial score (nSPS) is 12.3. The zero-order valence-electron chi connectivity index (χ0n) is 10.9. The quantitative estimate of drug-likeness (QED) is 0.609. The molecule has 0 aliphatic carbocycles. The van der Waals surface area contributed by atoms with Gasteiger partial charge in [-0.05, 0) is 17.5 Å². The zero-order valence-corrected chi connectivity index (χ0v) is 12.5. The van der Waals surface area contributed by atoms with E-state index in [1.54, 1.807) is 12.1 Å². The molecule has 1 aromatic carbocycles. The number of Topliss-reactive ketones (excluding diaryl/α,β-unsaturated/α-hetero) is 1. The van der Waals surface area contributed by atoms with Crippen LogP contribution >= 0.6 is 22.9 Å². The molecule has 2 aromatic rings. The molecule has 0 amide bonds. The summed E-state index contributed by atoms with van der Waals surface area (Å²) in [6.45, 7) is 0.916. The molecule has 0 radical (unpaired) electrons. The summed E-state index contributed by atoms with van der Waals surface area (Å²) in [5, 5.41) is 15.5. The van der Waals surface area contributed by atoms with E-state index < -0.39 is 6.10 Å². The lowest BCUT2D eigenvalue weighted by molar-refractivity contribution is 0.0983. The van der Waals surface area contributed by atoms with Crippen LogP contribution in [0.4, 0.5) is 0 Å². The van der Waals surface area contributed by atoms with E-state index in [1.165, 1.54) is 11.3 Å². The second-order valence-electron chi connectivity index (χ2n) is 4.39. The lowest BCUT2D eigenvalue weighted by Gasteiger charge is -2.13. The Morgan fingerprint density at radius 2 is 2.10 bits per heavy atom. The summed E-state index contributed by atoms with van der Waals surface area (Å²) < 4.78 is 0. The van der Waals surface area contributed by atoms with Gasteiger partial charge in [-0.15, -0.1) is 11.3 Å². The van der Waals surface area contributed by atoms with E-state index in [0.29, 0.717) is 30.1 Å². The number of hydrogen-bond acceptors (Lipinski definition) is 4. The molecule has 1 heterocycles. The van der Waals surface area contributed by atoms with E-state index >= 15 is 0 Å². The summed E-state index contributed by atoms with van der Waals surface area (Å²) in [7, 11) is 0. The summed E-state index contributed by atoms with van der Waals surface area (Å²) >= 11 is 7.46. The summed E-state index contributed by atoms with van der Waals surface area (Å²) in [4.78, 5) is 12.5. The minimum atomic E-state index is -0.666. The van der Waals surface area contributed by atoms with E-state index in [-0.39, 0.29) is 5.78 Å². The first-order chi connectivity index (χ1) is 9.68. The topological polar surface area (TPSA) is 49.3 Å². The molecule has 0 bridgehead atoms. The van der Waals surface area contributed by atoms with Gasteiger partial charge in [0.05, 0.1) is 11.0 Å². The van der Waals surface area contributed by atoms with Crippen molar-refractivity contribution in [3.05, 3.63) is 57.2 Å². The number of nitrogens with one attached hydrogen (secondary N) is 1. The Bertz CT molecular complexity index is 557. The SMILES string of the molecule is O=C(CCNCC(O)c1ccccc1Cl)c1cccs1. The Kier molecular flexibility index (Phi) is 5.73. The molecular formula is C15H16ClNO2S. The molecule has 1 unspecified atom stereocenters. The first-order valence-corrected chi connectivity index (χ1v) is 7.64. The number of aliphatic hydroxyl groups excluding tert-OH is 1. The minimum absolute atomic E-state index is 0.125. The molecule has 1 atom stereocenters. The Morgan fingerprint density at radius 3 is 2.80 bits per heavy atom. The van der Waals surface area contributed by atoms with Crippen LogP contribution in [0.15, 0.2) is 41.8 Å². The van der Waals surface area contributed by atoms with Crippen molar-refractivity contribution in [2.24, 2.45) is 0 Å². The molecule has 3 nitrogen and oxygen atoms in total. The number of thiophene rings is 1. The summed E-state index contributed by atoms with van der Waals surface area (Å²) in [6.07, 6.45) is -0.240. The van der Waals surface area contributed by atoms with Crippen LogP contribution in [0.25, 0.3) is 0 Å². The first-order valence-electron chi connectivity index (χ1n) is 6.38. The number of carbonyl (C=O) groups excluding carboxylic acids is 1. The van der Waals surface area contributed by atoms with Crippen LogP contribution < -0.4 is 5.32 Å². The fourth-order valence-corrected chi connectivity index (χ4v) is 2.81. The average Bonchev–Trinajstić information content (AvgIpc) is 2.98. The number of hydrogen-bond donors (Lipinski definition) is 2. The Morgan fingerprint density at radius 1 is 1.30 bits per heavy atom. The maximum absolute atomic E-state index is 11.8. The van der Waals surface area contributed by atoms with Crippen LogP contribution in [0.3, 0.4) is 0 Å². The third kappa shape index (κ3) is 4.15. The molecule has 0 saturated carbocycles. The molecule has 0 aliphatic rings. The van der Waals surface area contributed by atoms with Crippen LogP contribution in [-0.4, -0.2) is 24.0 Å². The van der Waals surface area contributed by atoms with Gasteiger partial charge in [-0.3, -0.25) is 4.79 Å². The lowest BCUT2D eigenvalue weighted by Crippen LogP contribution is -2.24. The highest BCUT2D eigenvalue weighted by Crippen LogP contribution is 2.21. The maximum atomic E-state index is 11.8. The van der Waals surface area contributed by atoms with Crippen LogP contribution in [0, 0.1) is 0 Å². The van der Waals surface area contributed by atoms with E-state index in [4.69, 9.17) is 11.6 Å². The van der Waals surface area contributed by atoms with Crippen molar-refractivity contribution in [2.45, 2.75) is 12.5 Å². The third-order valence-electron chi connectivity index (χ3n) is 2.93. The van der Waals surface area contributed by atoms with Crippen molar-refractivity contribution in [3.8, 4) is 0 Å².